The molecule has 36 heavy (non-hydrogen) atoms. The van der Waals surface area contributed by atoms with Crippen molar-refractivity contribution in [2.45, 2.75) is 30.3 Å². The summed E-state index contributed by atoms with van der Waals surface area (Å²) in [7, 11) is 1.35. The fraction of sp³-hybridized carbons (Fsp3) is 0.185. The van der Waals surface area contributed by atoms with Crippen molar-refractivity contribution < 1.29 is 14.3 Å². The Labute approximate surface area is 213 Å². The zero-order valence-electron chi connectivity index (χ0n) is 20.1. The summed E-state index contributed by atoms with van der Waals surface area (Å²) < 4.78 is 6.64. The van der Waals surface area contributed by atoms with Gasteiger partial charge in [-0.2, -0.15) is 0 Å². The minimum Gasteiger partial charge on any atom is -0.465 e. The summed E-state index contributed by atoms with van der Waals surface area (Å²) in [5, 5.41) is 11.8. The number of esters is 1. The first-order valence-electron chi connectivity index (χ1n) is 11.4. The monoisotopic (exact) mass is 499 g/mol. The number of carbonyl (C=O) groups is 2. The Morgan fingerprint density at radius 1 is 0.972 bits per heavy atom. The van der Waals surface area contributed by atoms with Crippen molar-refractivity contribution >= 4 is 29.3 Å². The number of benzene rings is 3. The van der Waals surface area contributed by atoms with Crippen molar-refractivity contribution in [3.8, 4) is 11.4 Å². The summed E-state index contributed by atoms with van der Waals surface area (Å²) in [5.74, 6) is 0.0830. The molecule has 3 aromatic carbocycles. The maximum absolute atomic E-state index is 13.6. The van der Waals surface area contributed by atoms with Crippen LogP contribution in [0.1, 0.15) is 33.1 Å². The number of rotatable bonds is 5. The van der Waals surface area contributed by atoms with Crippen LogP contribution >= 0.6 is 11.8 Å². The normalized spacial score (nSPS) is 16.5. The quantitative estimate of drug-likeness (QED) is 0.383. The third-order valence-electron chi connectivity index (χ3n) is 6.19. The van der Waals surface area contributed by atoms with Crippen LogP contribution in [0.25, 0.3) is 11.4 Å². The minimum atomic E-state index is -0.545. The van der Waals surface area contributed by atoms with E-state index >= 15 is 0 Å². The molecule has 1 amide bonds. The predicted octanol–water partition coefficient (Wildman–Crippen LogP) is 4.75. The van der Waals surface area contributed by atoms with Crippen LogP contribution in [0.5, 0.6) is 0 Å². The summed E-state index contributed by atoms with van der Waals surface area (Å²) in [5.41, 5.74) is 8.64. The second kappa shape index (κ2) is 9.87. The van der Waals surface area contributed by atoms with Gasteiger partial charge in [-0.05, 0) is 54.8 Å². The van der Waals surface area contributed by atoms with Gasteiger partial charge >= 0.3 is 5.97 Å². The lowest BCUT2D eigenvalue weighted by molar-refractivity contribution is -0.116. The number of fused-ring (bicyclic) bond motifs is 1. The van der Waals surface area contributed by atoms with Crippen LogP contribution in [0.4, 0.5) is 5.69 Å². The molecule has 0 spiro atoms. The maximum Gasteiger partial charge on any atom is 0.337 e. The van der Waals surface area contributed by atoms with E-state index in [-0.39, 0.29) is 5.91 Å². The number of aryl methyl sites for hydroxylation is 2. The van der Waals surface area contributed by atoms with Crippen molar-refractivity contribution in [2.75, 3.05) is 17.9 Å². The van der Waals surface area contributed by atoms with Crippen LogP contribution in [0.2, 0.25) is 0 Å². The highest BCUT2D eigenvalue weighted by atomic mass is 32.2. The van der Waals surface area contributed by atoms with E-state index in [1.165, 1.54) is 18.9 Å². The van der Waals surface area contributed by atoms with Gasteiger partial charge in [0.15, 0.2) is 5.82 Å². The molecule has 8 nitrogen and oxygen atoms in total. The molecule has 0 radical (unpaired) electrons. The summed E-state index contributed by atoms with van der Waals surface area (Å²) in [4.78, 5) is 25.5. The van der Waals surface area contributed by atoms with Gasteiger partial charge in [-0.25, -0.2) is 9.47 Å². The highest BCUT2D eigenvalue weighted by Crippen LogP contribution is 2.39. The van der Waals surface area contributed by atoms with Crippen molar-refractivity contribution in [3.63, 3.8) is 0 Å². The zero-order valence-corrected chi connectivity index (χ0v) is 20.9. The molecule has 5 rings (SSSR count). The molecule has 4 aromatic rings. The van der Waals surface area contributed by atoms with E-state index in [0.29, 0.717) is 16.5 Å². The van der Waals surface area contributed by atoms with Crippen molar-refractivity contribution in [2.24, 2.45) is 0 Å². The second-order valence-corrected chi connectivity index (χ2v) is 9.66. The number of nitrogens with one attached hydrogen (secondary N) is 2. The first-order chi connectivity index (χ1) is 17.4. The Balaban J connectivity index is 1.50. The predicted molar refractivity (Wildman–Crippen MR) is 140 cm³/mol. The molecule has 0 aliphatic carbocycles. The Kier molecular flexibility index (Phi) is 6.47. The number of amides is 1. The van der Waals surface area contributed by atoms with Gasteiger partial charge < -0.3 is 15.5 Å². The summed E-state index contributed by atoms with van der Waals surface area (Å²) >= 11 is 1.35. The summed E-state index contributed by atoms with van der Waals surface area (Å²) in [6.45, 7) is 4.05. The second-order valence-electron chi connectivity index (χ2n) is 8.55. The first-order valence-corrected chi connectivity index (χ1v) is 12.3. The summed E-state index contributed by atoms with van der Waals surface area (Å²) in [6.07, 6.45) is 0. The third-order valence-corrected chi connectivity index (χ3v) is 7.41. The van der Waals surface area contributed by atoms with Crippen LogP contribution in [0, 0.1) is 13.8 Å². The highest BCUT2D eigenvalue weighted by molar-refractivity contribution is 8.00. The number of ether oxygens (including phenoxy) is 1. The summed E-state index contributed by atoms with van der Waals surface area (Å²) in [6, 6.07) is 22.2. The van der Waals surface area contributed by atoms with E-state index < -0.39 is 17.3 Å². The molecule has 2 atom stereocenters. The average Bonchev–Trinajstić information content (AvgIpc) is 3.33. The molecule has 2 heterocycles. The molecular weight excluding hydrogens is 474 g/mol. The van der Waals surface area contributed by atoms with Crippen molar-refractivity contribution in [1.29, 1.82) is 0 Å². The van der Waals surface area contributed by atoms with Gasteiger partial charge in [-0.1, -0.05) is 60.3 Å². The van der Waals surface area contributed by atoms with E-state index in [1.54, 1.807) is 12.1 Å². The van der Waals surface area contributed by atoms with Crippen LogP contribution in [0.3, 0.4) is 0 Å². The number of hydrogen-bond donors (Lipinski definition) is 2. The molecular formula is C27H25N5O3S. The number of hydrogen-bond acceptors (Lipinski definition) is 7. The lowest BCUT2D eigenvalue weighted by atomic mass is 10.0. The Morgan fingerprint density at radius 2 is 1.72 bits per heavy atom. The Morgan fingerprint density at radius 3 is 2.42 bits per heavy atom. The standard InChI is InChI=1S/C27H25N5O3S/c1-16-9-14-21(15-17(16)2)28-25(33)23-22(18-10-12-20(13-11-18)26(34)35-3)31-32-24(29-30-27(32)36-23)19-7-5-4-6-8-19/h4-15,22-23,31H,1-3H3,(H,28,33)/t22-,23+/m1/s1. The number of thioether (sulfide) groups is 1. The van der Waals surface area contributed by atoms with Gasteiger partial charge in [-0.15, -0.1) is 10.2 Å². The zero-order chi connectivity index (χ0) is 25.2. The molecule has 9 heteroatoms. The lowest BCUT2D eigenvalue weighted by Gasteiger charge is -2.33. The molecule has 2 N–H and O–H groups in total. The molecule has 0 bridgehead atoms. The smallest absolute Gasteiger partial charge is 0.337 e. The van der Waals surface area contributed by atoms with E-state index in [1.807, 2.05) is 79.2 Å². The highest BCUT2D eigenvalue weighted by Gasteiger charge is 2.38. The first kappa shape index (κ1) is 23.6. The van der Waals surface area contributed by atoms with E-state index in [4.69, 9.17) is 4.74 Å². The molecule has 182 valence electrons. The van der Waals surface area contributed by atoms with Gasteiger partial charge in [0.25, 0.3) is 0 Å². The van der Waals surface area contributed by atoms with E-state index in [9.17, 15) is 9.59 Å². The molecule has 1 aliphatic heterocycles. The SMILES string of the molecule is COC(=O)c1ccc([C@H]2Nn3c(nnc3-c3ccccc3)S[C@@H]2C(=O)Nc2ccc(C)c(C)c2)cc1. The molecule has 1 aromatic heterocycles. The van der Waals surface area contributed by atoms with Gasteiger partial charge in [0, 0.05) is 11.3 Å². The fourth-order valence-electron chi connectivity index (χ4n) is 4.06. The van der Waals surface area contributed by atoms with Crippen LogP contribution in [-0.2, 0) is 9.53 Å². The van der Waals surface area contributed by atoms with Gasteiger partial charge in [0.2, 0.25) is 11.1 Å². The number of nitrogens with zero attached hydrogens (tertiary/aromatic N) is 3. The maximum atomic E-state index is 13.6. The Hall–Kier alpha value is -4.11. The van der Waals surface area contributed by atoms with E-state index in [0.717, 1.165) is 27.9 Å². The fourth-order valence-corrected chi connectivity index (χ4v) is 5.14. The van der Waals surface area contributed by atoms with E-state index in [2.05, 4.69) is 20.9 Å². The minimum absolute atomic E-state index is 0.159. The number of carbonyl (C=O) groups excluding carboxylic acids is 2. The van der Waals surface area contributed by atoms with Gasteiger partial charge in [-0.3, -0.25) is 4.79 Å². The molecule has 0 unspecified atom stereocenters. The van der Waals surface area contributed by atoms with Crippen molar-refractivity contribution in [3.05, 3.63) is 95.1 Å². The lowest BCUT2D eigenvalue weighted by Crippen LogP contribution is -2.41. The van der Waals surface area contributed by atoms with Crippen molar-refractivity contribution in [1.82, 2.24) is 14.9 Å². The number of aromatic nitrogens is 3. The molecule has 0 saturated carbocycles. The Bertz CT molecular complexity index is 1420. The number of anilines is 1. The van der Waals surface area contributed by atoms with Crippen LogP contribution in [-0.4, -0.2) is 39.1 Å². The van der Waals surface area contributed by atoms with Gasteiger partial charge in [0.1, 0.15) is 5.25 Å². The molecule has 0 saturated heterocycles. The van der Waals surface area contributed by atoms with Gasteiger partial charge in [0.05, 0.1) is 18.7 Å². The number of methoxy groups -OCH3 is 1. The third kappa shape index (κ3) is 4.57. The molecule has 1 aliphatic rings. The van der Waals surface area contributed by atoms with Crippen LogP contribution in [0.15, 0.2) is 78.0 Å². The van der Waals surface area contributed by atoms with Crippen LogP contribution < -0.4 is 10.7 Å². The average molecular weight is 500 g/mol. The largest absolute Gasteiger partial charge is 0.465 e. The topological polar surface area (TPSA) is 98.1 Å². The molecule has 0 fully saturated rings.